The molecule has 30 heavy (non-hydrogen) atoms. The molecule has 0 spiro atoms. The van der Waals surface area contributed by atoms with Crippen molar-refractivity contribution >= 4 is 46.4 Å². The Hall–Kier alpha value is -0.830. The summed E-state index contributed by atoms with van der Waals surface area (Å²) in [4.78, 5) is 6.89. The maximum atomic E-state index is 12.2. The number of nitrogens with one attached hydrogen (secondary N) is 2. The first-order valence-corrected chi connectivity index (χ1v) is 12.7. The van der Waals surface area contributed by atoms with Crippen LogP contribution in [0.5, 0.6) is 0 Å². The van der Waals surface area contributed by atoms with Gasteiger partial charge in [0.15, 0.2) is 5.96 Å². The van der Waals surface area contributed by atoms with E-state index in [9.17, 15) is 4.21 Å². The fraction of sp³-hybridized carbons (Fsp3) is 0.696. The number of nitrogens with zero attached hydrogens (tertiary/aromatic N) is 2. The lowest BCUT2D eigenvalue weighted by Crippen LogP contribution is -2.46. The Labute approximate surface area is 202 Å². The van der Waals surface area contributed by atoms with E-state index in [1.807, 2.05) is 14.0 Å². The summed E-state index contributed by atoms with van der Waals surface area (Å²) < 4.78 is 12.2. The van der Waals surface area contributed by atoms with Crippen molar-refractivity contribution in [2.24, 2.45) is 10.9 Å². The first-order valence-electron chi connectivity index (χ1n) is 11.3. The highest BCUT2D eigenvalue weighted by atomic mass is 127. The summed E-state index contributed by atoms with van der Waals surface area (Å²) in [5.74, 6) is 2.46. The molecule has 0 amide bonds. The van der Waals surface area contributed by atoms with E-state index in [1.54, 1.807) is 0 Å². The SMILES string of the molecule is CCS(=O)C1CCCC(NC(=NC)NCc2ccc(N3CCC(C)CC3)cc2)C1.I. The van der Waals surface area contributed by atoms with Crippen molar-refractivity contribution in [1.82, 2.24) is 10.6 Å². The summed E-state index contributed by atoms with van der Waals surface area (Å²) in [7, 11) is 1.12. The Morgan fingerprint density at radius 3 is 2.50 bits per heavy atom. The van der Waals surface area contributed by atoms with Crippen LogP contribution in [0.1, 0.15) is 57.9 Å². The lowest BCUT2D eigenvalue weighted by molar-refractivity contribution is 0.413. The van der Waals surface area contributed by atoms with Gasteiger partial charge in [0.1, 0.15) is 0 Å². The minimum absolute atomic E-state index is 0. The minimum Gasteiger partial charge on any atom is -0.372 e. The summed E-state index contributed by atoms with van der Waals surface area (Å²) in [5, 5.41) is 7.32. The molecule has 1 aromatic carbocycles. The highest BCUT2D eigenvalue weighted by molar-refractivity contribution is 14.0. The average Bonchev–Trinajstić information content (AvgIpc) is 2.77. The number of hydrogen-bond acceptors (Lipinski definition) is 3. The van der Waals surface area contributed by atoms with Crippen LogP contribution in [0.2, 0.25) is 0 Å². The van der Waals surface area contributed by atoms with Crippen molar-refractivity contribution in [3.8, 4) is 0 Å². The van der Waals surface area contributed by atoms with Gasteiger partial charge in [0.05, 0.1) is 0 Å². The molecule has 2 N–H and O–H groups in total. The van der Waals surface area contributed by atoms with Crippen LogP contribution < -0.4 is 15.5 Å². The van der Waals surface area contributed by atoms with Gasteiger partial charge < -0.3 is 15.5 Å². The molecular formula is C23H39IN4OS. The Morgan fingerprint density at radius 1 is 1.17 bits per heavy atom. The normalized spacial score (nSPS) is 24.1. The van der Waals surface area contributed by atoms with Gasteiger partial charge in [-0.1, -0.05) is 32.4 Å². The lowest BCUT2D eigenvalue weighted by atomic mass is 9.95. The molecule has 7 heteroatoms. The summed E-state index contributed by atoms with van der Waals surface area (Å²) >= 11 is 0. The molecule has 1 aliphatic carbocycles. The van der Waals surface area contributed by atoms with Gasteiger partial charge in [-0.25, -0.2) is 0 Å². The van der Waals surface area contributed by atoms with Gasteiger partial charge >= 0.3 is 0 Å². The van der Waals surface area contributed by atoms with Gasteiger partial charge in [0.2, 0.25) is 0 Å². The molecule has 3 rings (SSSR count). The predicted molar refractivity (Wildman–Crippen MR) is 141 cm³/mol. The number of hydrogen-bond donors (Lipinski definition) is 2. The zero-order valence-electron chi connectivity index (χ0n) is 18.7. The predicted octanol–water partition coefficient (Wildman–Crippen LogP) is 4.29. The molecular weight excluding hydrogens is 507 g/mol. The second-order valence-electron chi connectivity index (χ2n) is 8.56. The fourth-order valence-corrected chi connectivity index (χ4v) is 5.76. The van der Waals surface area contributed by atoms with E-state index in [4.69, 9.17) is 0 Å². The zero-order chi connectivity index (χ0) is 20.6. The highest BCUT2D eigenvalue weighted by Crippen LogP contribution is 2.24. The third kappa shape index (κ3) is 7.39. The maximum absolute atomic E-state index is 12.2. The fourth-order valence-electron chi connectivity index (χ4n) is 4.42. The van der Waals surface area contributed by atoms with E-state index < -0.39 is 10.8 Å². The van der Waals surface area contributed by atoms with Gasteiger partial charge in [0, 0.05) is 60.2 Å². The van der Waals surface area contributed by atoms with Crippen LogP contribution in [0.25, 0.3) is 0 Å². The molecule has 2 aliphatic rings. The molecule has 1 aliphatic heterocycles. The number of benzene rings is 1. The maximum Gasteiger partial charge on any atom is 0.191 e. The van der Waals surface area contributed by atoms with E-state index in [2.05, 4.69) is 51.7 Å². The first-order chi connectivity index (χ1) is 14.1. The molecule has 170 valence electrons. The molecule has 0 bridgehead atoms. The van der Waals surface area contributed by atoms with Gasteiger partial charge in [0.25, 0.3) is 0 Å². The van der Waals surface area contributed by atoms with Gasteiger partial charge in [-0.2, -0.15) is 0 Å². The van der Waals surface area contributed by atoms with Crippen LogP contribution in [0.3, 0.4) is 0 Å². The number of guanidine groups is 1. The van der Waals surface area contributed by atoms with Crippen LogP contribution >= 0.6 is 24.0 Å². The van der Waals surface area contributed by atoms with Crippen molar-refractivity contribution < 1.29 is 4.21 Å². The van der Waals surface area contributed by atoms with Crippen molar-refractivity contribution in [3.05, 3.63) is 29.8 Å². The Bertz CT molecular complexity index is 689. The molecule has 1 heterocycles. The zero-order valence-corrected chi connectivity index (χ0v) is 21.9. The summed E-state index contributed by atoms with van der Waals surface area (Å²) in [6, 6.07) is 9.28. The van der Waals surface area contributed by atoms with E-state index >= 15 is 0 Å². The molecule has 1 saturated carbocycles. The second-order valence-corrected chi connectivity index (χ2v) is 10.6. The summed E-state index contributed by atoms with van der Waals surface area (Å²) in [6.07, 6.45) is 6.92. The average molecular weight is 547 g/mol. The van der Waals surface area contributed by atoms with E-state index in [-0.39, 0.29) is 24.0 Å². The van der Waals surface area contributed by atoms with Gasteiger partial charge in [-0.3, -0.25) is 9.20 Å². The van der Waals surface area contributed by atoms with E-state index in [1.165, 1.54) is 37.2 Å². The Morgan fingerprint density at radius 2 is 1.87 bits per heavy atom. The number of halogens is 1. The van der Waals surface area contributed by atoms with Crippen molar-refractivity contribution in [2.45, 2.75) is 70.2 Å². The van der Waals surface area contributed by atoms with E-state index in [0.717, 1.165) is 49.9 Å². The third-order valence-corrected chi connectivity index (χ3v) is 8.13. The molecule has 2 fully saturated rings. The standard InChI is InChI=1S/C23H38N4OS.HI/c1-4-29(28)22-7-5-6-20(16-22)26-23(24-3)25-17-19-8-10-21(11-9-19)27-14-12-18(2)13-15-27;/h8-11,18,20,22H,4-7,12-17H2,1-3H3,(H2,24,25,26);1H. The lowest BCUT2D eigenvalue weighted by Gasteiger charge is -2.32. The van der Waals surface area contributed by atoms with Crippen molar-refractivity contribution in [3.63, 3.8) is 0 Å². The van der Waals surface area contributed by atoms with Gasteiger partial charge in [-0.05, 0) is 55.7 Å². The molecule has 3 unspecified atom stereocenters. The minimum atomic E-state index is -0.695. The molecule has 0 aromatic heterocycles. The monoisotopic (exact) mass is 546 g/mol. The highest BCUT2D eigenvalue weighted by Gasteiger charge is 2.26. The largest absolute Gasteiger partial charge is 0.372 e. The summed E-state index contributed by atoms with van der Waals surface area (Å²) in [6.45, 7) is 7.46. The van der Waals surface area contributed by atoms with Crippen LogP contribution in [0, 0.1) is 5.92 Å². The second kappa shape index (κ2) is 12.9. The molecule has 1 aromatic rings. The molecule has 0 radical (unpaired) electrons. The topological polar surface area (TPSA) is 56.7 Å². The molecule has 3 atom stereocenters. The van der Waals surface area contributed by atoms with Crippen molar-refractivity contribution in [2.75, 3.05) is 30.8 Å². The Kier molecular flexibility index (Phi) is 10.9. The number of anilines is 1. The smallest absolute Gasteiger partial charge is 0.191 e. The number of rotatable bonds is 6. The van der Waals surface area contributed by atoms with Crippen LogP contribution in [0.4, 0.5) is 5.69 Å². The quantitative estimate of drug-likeness (QED) is 0.318. The molecule has 5 nitrogen and oxygen atoms in total. The van der Waals surface area contributed by atoms with Crippen LogP contribution in [-0.4, -0.2) is 47.4 Å². The van der Waals surface area contributed by atoms with Crippen molar-refractivity contribution in [1.29, 1.82) is 0 Å². The Balaban J connectivity index is 0.00000320. The summed E-state index contributed by atoms with van der Waals surface area (Å²) in [5.41, 5.74) is 2.59. The van der Waals surface area contributed by atoms with Gasteiger partial charge in [-0.15, -0.1) is 24.0 Å². The first kappa shape index (κ1) is 25.4. The van der Waals surface area contributed by atoms with Crippen LogP contribution in [0.15, 0.2) is 29.3 Å². The number of aliphatic imine (C=N–C) groups is 1. The number of piperidine rings is 1. The van der Waals surface area contributed by atoms with E-state index in [0.29, 0.717) is 11.3 Å². The van der Waals surface area contributed by atoms with Crippen LogP contribution in [-0.2, 0) is 17.3 Å². The third-order valence-electron chi connectivity index (χ3n) is 6.39. The molecule has 1 saturated heterocycles.